The molecule has 2 aromatic carbocycles. The molecule has 0 atom stereocenters. The first-order valence-electron chi connectivity index (χ1n) is 10.7. The first-order chi connectivity index (χ1) is 16.0. The van der Waals surface area contributed by atoms with Crippen LogP contribution in [-0.2, 0) is 11.3 Å². The summed E-state index contributed by atoms with van der Waals surface area (Å²) in [6, 6.07) is 14.7. The smallest absolute Gasteiger partial charge is 0.269 e. The van der Waals surface area contributed by atoms with E-state index in [4.69, 9.17) is 0 Å². The van der Waals surface area contributed by atoms with Gasteiger partial charge in [-0.15, -0.1) is 11.3 Å². The van der Waals surface area contributed by atoms with Crippen molar-refractivity contribution in [1.82, 2.24) is 14.8 Å². The summed E-state index contributed by atoms with van der Waals surface area (Å²) in [6.07, 6.45) is 0.415. The van der Waals surface area contributed by atoms with Gasteiger partial charge in [0, 0.05) is 73.2 Å². The average molecular weight is 530 g/mol. The lowest BCUT2D eigenvalue weighted by molar-refractivity contribution is -0.384. The van der Waals surface area contributed by atoms with Crippen molar-refractivity contribution in [2.24, 2.45) is 0 Å². The van der Waals surface area contributed by atoms with Crippen molar-refractivity contribution in [3.05, 3.63) is 74.1 Å². The molecule has 8 nitrogen and oxygen atoms in total. The Hall–Kier alpha value is -2.66. The van der Waals surface area contributed by atoms with E-state index in [9.17, 15) is 14.9 Å². The first-order valence-corrected chi connectivity index (χ1v) is 12.3. The van der Waals surface area contributed by atoms with Gasteiger partial charge in [0.15, 0.2) is 5.13 Å². The number of hydrogen-bond donors (Lipinski definition) is 1. The largest absolute Gasteiger partial charge is 0.302 e. The van der Waals surface area contributed by atoms with E-state index in [1.54, 1.807) is 12.1 Å². The van der Waals surface area contributed by atoms with Crippen LogP contribution in [0.4, 0.5) is 10.8 Å². The molecule has 33 heavy (non-hydrogen) atoms. The summed E-state index contributed by atoms with van der Waals surface area (Å²) in [5.74, 6) is -0.0364. The number of benzene rings is 2. The number of nitro benzene ring substituents is 1. The highest BCUT2D eigenvalue weighted by atomic mass is 79.9. The number of thiazole rings is 1. The average Bonchev–Trinajstić information content (AvgIpc) is 3.27. The van der Waals surface area contributed by atoms with Crippen LogP contribution < -0.4 is 5.32 Å². The number of amides is 1. The third kappa shape index (κ3) is 6.67. The molecule has 0 bridgehead atoms. The Morgan fingerprint density at radius 2 is 1.85 bits per heavy atom. The van der Waals surface area contributed by atoms with E-state index in [0.29, 0.717) is 24.6 Å². The number of nitrogens with one attached hydrogen (secondary N) is 1. The third-order valence-corrected chi connectivity index (χ3v) is 6.82. The van der Waals surface area contributed by atoms with Crippen LogP contribution in [0, 0.1) is 10.1 Å². The Kier molecular flexibility index (Phi) is 7.81. The van der Waals surface area contributed by atoms with Crippen molar-refractivity contribution in [3.63, 3.8) is 0 Å². The molecule has 1 aliphatic rings. The number of nitro groups is 1. The molecule has 4 rings (SSSR count). The molecular weight excluding hydrogens is 506 g/mol. The van der Waals surface area contributed by atoms with E-state index in [1.165, 1.54) is 17.4 Å². The van der Waals surface area contributed by atoms with Crippen LogP contribution >= 0.6 is 27.3 Å². The van der Waals surface area contributed by atoms with Gasteiger partial charge in [-0.05, 0) is 17.7 Å². The number of anilines is 1. The fourth-order valence-electron chi connectivity index (χ4n) is 3.72. The second-order valence-electron chi connectivity index (χ2n) is 7.89. The molecule has 10 heteroatoms. The fraction of sp³-hybridized carbons (Fsp3) is 0.304. The number of carbonyl (C=O) groups excluding carboxylic acids is 1. The Labute approximate surface area is 204 Å². The van der Waals surface area contributed by atoms with Crippen LogP contribution in [0.2, 0.25) is 0 Å². The summed E-state index contributed by atoms with van der Waals surface area (Å²) in [5.41, 5.74) is 2.94. The van der Waals surface area contributed by atoms with E-state index in [-0.39, 0.29) is 16.5 Å². The lowest BCUT2D eigenvalue weighted by Crippen LogP contribution is -2.46. The number of piperazine rings is 1. The molecule has 1 fully saturated rings. The number of nitrogens with zero attached hydrogens (tertiary/aromatic N) is 4. The first kappa shape index (κ1) is 23.5. The molecule has 1 N–H and O–H groups in total. The molecule has 1 amide bonds. The second kappa shape index (κ2) is 11.0. The molecule has 172 valence electrons. The minimum Gasteiger partial charge on any atom is -0.302 e. The molecular formula is C23H24BrN5O3S. The van der Waals surface area contributed by atoms with Gasteiger partial charge in [-0.25, -0.2) is 4.98 Å². The van der Waals surface area contributed by atoms with Crippen molar-refractivity contribution < 1.29 is 9.72 Å². The van der Waals surface area contributed by atoms with Crippen LogP contribution in [0.15, 0.2) is 58.4 Å². The van der Waals surface area contributed by atoms with Gasteiger partial charge in [0.05, 0.1) is 10.6 Å². The Morgan fingerprint density at radius 1 is 1.12 bits per heavy atom. The molecule has 0 radical (unpaired) electrons. The highest BCUT2D eigenvalue weighted by Gasteiger charge is 2.19. The summed E-state index contributed by atoms with van der Waals surface area (Å²) in [7, 11) is 0. The molecule has 0 saturated carbocycles. The monoisotopic (exact) mass is 529 g/mol. The number of halogens is 1. The fourth-order valence-corrected chi connectivity index (χ4v) is 4.72. The van der Waals surface area contributed by atoms with E-state index in [1.807, 2.05) is 35.7 Å². The Balaban J connectivity index is 1.19. The molecule has 2 heterocycles. The molecule has 0 spiro atoms. The predicted molar refractivity (Wildman–Crippen MR) is 133 cm³/mol. The number of carbonyl (C=O) groups is 1. The molecule has 0 aliphatic carbocycles. The van der Waals surface area contributed by atoms with Crippen LogP contribution in [0.1, 0.15) is 12.0 Å². The zero-order valence-corrected chi connectivity index (χ0v) is 20.3. The number of aromatic nitrogens is 1. The lowest BCUT2D eigenvalue weighted by atomic mass is 10.1. The van der Waals surface area contributed by atoms with Crippen molar-refractivity contribution in [1.29, 1.82) is 0 Å². The van der Waals surface area contributed by atoms with Gasteiger partial charge in [0.25, 0.3) is 5.69 Å². The van der Waals surface area contributed by atoms with Gasteiger partial charge < -0.3 is 10.2 Å². The van der Waals surface area contributed by atoms with Gasteiger partial charge in [-0.2, -0.15) is 0 Å². The molecule has 1 aliphatic heterocycles. The summed E-state index contributed by atoms with van der Waals surface area (Å²) in [6.45, 7) is 4.86. The minimum absolute atomic E-state index is 0.0364. The number of hydrogen-bond acceptors (Lipinski definition) is 7. The predicted octanol–water partition coefficient (Wildman–Crippen LogP) is 4.63. The van der Waals surface area contributed by atoms with Crippen molar-refractivity contribution in [3.8, 4) is 11.3 Å². The molecule has 0 unspecified atom stereocenters. The molecule has 1 aromatic heterocycles. The zero-order chi connectivity index (χ0) is 23.2. The van der Waals surface area contributed by atoms with E-state index >= 15 is 0 Å². The van der Waals surface area contributed by atoms with Crippen molar-refractivity contribution >= 4 is 44.0 Å². The summed E-state index contributed by atoms with van der Waals surface area (Å²) in [4.78, 5) is 32.1. The normalized spacial score (nSPS) is 14.8. The minimum atomic E-state index is -0.361. The Morgan fingerprint density at radius 3 is 2.58 bits per heavy atom. The quantitative estimate of drug-likeness (QED) is 0.338. The lowest BCUT2D eigenvalue weighted by Gasteiger charge is -2.34. The van der Waals surface area contributed by atoms with Gasteiger partial charge in [-0.1, -0.05) is 40.2 Å². The number of non-ortho nitro benzene ring substituents is 1. The van der Waals surface area contributed by atoms with Crippen LogP contribution in [0.25, 0.3) is 11.3 Å². The highest BCUT2D eigenvalue weighted by molar-refractivity contribution is 9.10. The number of rotatable bonds is 8. The van der Waals surface area contributed by atoms with Crippen LogP contribution in [0.3, 0.4) is 0 Å². The van der Waals surface area contributed by atoms with Crippen LogP contribution in [0.5, 0.6) is 0 Å². The maximum atomic E-state index is 12.4. The van der Waals surface area contributed by atoms with Gasteiger partial charge >= 0.3 is 0 Å². The van der Waals surface area contributed by atoms with E-state index in [2.05, 4.69) is 36.0 Å². The second-order valence-corrected chi connectivity index (χ2v) is 9.66. The summed E-state index contributed by atoms with van der Waals surface area (Å²) in [5, 5.41) is 16.4. The van der Waals surface area contributed by atoms with Gasteiger partial charge in [0.1, 0.15) is 0 Å². The van der Waals surface area contributed by atoms with Gasteiger partial charge in [-0.3, -0.25) is 19.8 Å². The topological polar surface area (TPSA) is 91.6 Å². The SMILES string of the molecule is O=C(CCN1CCN(Cc2cccc([N+](=O)[O-])c2)CC1)Nc1nc(-c2ccc(Br)cc2)cs1. The Bertz CT molecular complexity index is 1110. The standard InChI is InChI=1S/C23H24BrN5O3S/c24-19-6-4-18(5-7-19)21-16-33-23(25-21)26-22(30)8-9-27-10-12-28(13-11-27)15-17-2-1-3-20(14-17)29(31)32/h1-7,14,16H,8-13,15H2,(H,25,26,30). The maximum absolute atomic E-state index is 12.4. The molecule has 3 aromatic rings. The maximum Gasteiger partial charge on any atom is 0.269 e. The van der Waals surface area contributed by atoms with Crippen LogP contribution in [-0.4, -0.2) is 58.3 Å². The highest BCUT2D eigenvalue weighted by Crippen LogP contribution is 2.26. The van der Waals surface area contributed by atoms with Gasteiger partial charge in [0.2, 0.25) is 5.91 Å². The van der Waals surface area contributed by atoms with E-state index < -0.39 is 0 Å². The van der Waals surface area contributed by atoms with E-state index in [0.717, 1.165) is 47.5 Å². The van der Waals surface area contributed by atoms with Crippen molar-refractivity contribution in [2.75, 3.05) is 38.0 Å². The third-order valence-electron chi connectivity index (χ3n) is 5.54. The summed E-state index contributed by atoms with van der Waals surface area (Å²) < 4.78 is 1.01. The van der Waals surface area contributed by atoms with Crippen molar-refractivity contribution in [2.45, 2.75) is 13.0 Å². The zero-order valence-electron chi connectivity index (χ0n) is 17.9. The summed E-state index contributed by atoms with van der Waals surface area (Å²) >= 11 is 4.85. The molecule has 1 saturated heterocycles.